The van der Waals surface area contributed by atoms with E-state index >= 15 is 0 Å². The summed E-state index contributed by atoms with van der Waals surface area (Å²) in [6.45, 7) is 13.2. The summed E-state index contributed by atoms with van der Waals surface area (Å²) in [5, 5.41) is 7.35. The Balaban J connectivity index is 2.05. The van der Waals surface area contributed by atoms with Gasteiger partial charge in [-0.3, -0.25) is 4.79 Å². The summed E-state index contributed by atoms with van der Waals surface area (Å²) in [6, 6.07) is 4.45. The van der Waals surface area contributed by atoms with Crippen LogP contribution in [0, 0.1) is 34.6 Å². The zero-order chi connectivity index (χ0) is 19.7. The average Bonchev–Trinajstić information content (AvgIpc) is 3.02. The first kappa shape index (κ1) is 19.1. The van der Waals surface area contributed by atoms with E-state index in [9.17, 15) is 4.79 Å². The topological polar surface area (TPSA) is 59.3 Å². The van der Waals surface area contributed by atoms with E-state index in [1.165, 1.54) is 27.8 Å². The molecule has 0 aliphatic rings. The van der Waals surface area contributed by atoms with Gasteiger partial charge in [0.05, 0.1) is 6.20 Å². The Hall–Kier alpha value is -2.69. The monoisotopic (exact) mass is 364 g/mol. The minimum atomic E-state index is -0.115. The first-order valence-electron chi connectivity index (χ1n) is 9.52. The largest absolute Gasteiger partial charge is 0.352 e. The van der Waals surface area contributed by atoms with Gasteiger partial charge in [0.2, 0.25) is 0 Å². The molecule has 0 spiro atoms. The number of nitrogens with zero attached hydrogens (tertiary/aromatic N) is 3. The molecule has 5 heteroatoms. The molecule has 0 bridgehead atoms. The second kappa shape index (κ2) is 7.51. The van der Waals surface area contributed by atoms with Crippen LogP contribution < -0.4 is 5.32 Å². The maximum absolute atomic E-state index is 12.4. The predicted molar refractivity (Wildman–Crippen MR) is 109 cm³/mol. The summed E-state index contributed by atoms with van der Waals surface area (Å²) in [6.07, 6.45) is 3.33. The number of amides is 1. The van der Waals surface area contributed by atoms with E-state index in [4.69, 9.17) is 4.98 Å². The third kappa shape index (κ3) is 3.59. The minimum Gasteiger partial charge on any atom is -0.352 e. The van der Waals surface area contributed by atoms with E-state index in [-0.39, 0.29) is 5.91 Å². The van der Waals surface area contributed by atoms with Crippen molar-refractivity contribution in [3.8, 4) is 0 Å². The molecule has 1 aromatic carbocycles. The van der Waals surface area contributed by atoms with Gasteiger partial charge in [-0.2, -0.15) is 5.10 Å². The fourth-order valence-corrected chi connectivity index (χ4v) is 3.73. The summed E-state index contributed by atoms with van der Waals surface area (Å²) in [5.74, 6) is -0.115. The van der Waals surface area contributed by atoms with Gasteiger partial charge in [-0.05, 0) is 63.3 Å². The molecule has 142 valence electrons. The molecule has 2 aromatic heterocycles. The van der Waals surface area contributed by atoms with Gasteiger partial charge in [-0.1, -0.05) is 24.6 Å². The molecule has 27 heavy (non-hydrogen) atoms. The van der Waals surface area contributed by atoms with E-state index in [0.29, 0.717) is 17.8 Å². The van der Waals surface area contributed by atoms with Crippen LogP contribution >= 0.6 is 0 Å². The van der Waals surface area contributed by atoms with Gasteiger partial charge >= 0.3 is 0 Å². The van der Waals surface area contributed by atoms with E-state index in [2.05, 4.69) is 50.2 Å². The molecule has 0 radical (unpaired) electrons. The van der Waals surface area contributed by atoms with Crippen molar-refractivity contribution in [1.29, 1.82) is 0 Å². The third-order valence-corrected chi connectivity index (χ3v) is 5.18. The summed E-state index contributed by atoms with van der Waals surface area (Å²) < 4.78 is 1.79. The van der Waals surface area contributed by atoms with Crippen molar-refractivity contribution >= 4 is 11.6 Å². The SMILES string of the molecule is CCCNC(=O)c1cnn2c(C)c(Cc3c(C)cc(C)cc3C)c(C)nc12. The van der Waals surface area contributed by atoms with Crippen molar-refractivity contribution < 1.29 is 4.79 Å². The molecule has 0 saturated heterocycles. The van der Waals surface area contributed by atoms with Crippen molar-refractivity contribution in [2.24, 2.45) is 0 Å². The van der Waals surface area contributed by atoms with E-state index < -0.39 is 0 Å². The zero-order valence-electron chi connectivity index (χ0n) is 17.1. The first-order valence-corrected chi connectivity index (χ1v) is 9.52. The molecule has 3 rings (SSSR count). The molecule has 1 amide bonds. The molecule has 0 saturated carbocycles. The number of carbonyl (C=O) groups excluding carboxylic acids is 1. The first-order chi connectivity index (χ1) is 12.8. The molecule has 0 aliphatic carbocycles. The molecule has 0 aliphatic heterocycles. The highest BCUT2D eigenvalue weighted by molar-refractivity contribution is 5.99. The molecule has 5 nitrogen and oxygen atoms in total. The van der Waals surface area contributed by atoms with Gasteiger partial charge in [0.25, 0.3) is 5.91 Å². The van der Waals surface area contributed by atoms with Crippen LogP contribution in [0.2, 0.25) is 0 Å². The van der Waals surface area contributed by atoms with Crippen molar-refractivity contribution in [1.82, 2.24) is 19.9 Å². The normalized spacial score (nSPS) is 11.2. The van der Waals surface area contributed by atoms with Crippen molar-refractivity contribution in [3.63, 3.8) is 0 Å². The highest BCUT2D eigenvalue weighted by Gasteiger charge is 2.19. The quantitative estimate of drug-likeness (QED) is 0.744. The van der Waals surface area contributed by atoms with Crippen LogP contribution in [-0.4, -0.2) is 27.0 Å². The Morgan fingerprint density at radius 1 is 1.07 bits per heavy atom. The maximum atomic E-state index is 12.4. The molecular formula is C22H28N4O. The van der Waals surface area contributed by atoms with E-state index in [1.807, 2.05) is 13.8 Å². The smallest absolute Gasteiger partial charge is 0.256 e. The lowest BCUT2D eigenvalue weighted by molar-refractivity contribution is 0.0955. The van der Waals surface area contributed by atoms with Crippen LogP contribution in [0.1, 0.15) is 62.9 Å². The van der Waals surface area contributed by atoms with E-state index in [0.717, 1.165) is 24.2 Å². The van der Waals surface area contributed by atoms with Gasteiger partial charge in [0.15, 0.2) is 5.65 Å². The average molecular weight is 364 g/mol. The molecule has 0 fully saturated rings. The summed E-state index contributed by atoms with van der Waals surface area (Å²) in [4.78, 5) is 17.1. The predicted octanol–water partition coefficient (Wildman–Crippen LogP) is 4.00. The lowest BCUT2D eigenvalue weighted by Gasteiger charge is -2.15. The summed E-state index contributed by atoms with van der Waals surface area (Å²) in [5.41, 5.74) is 9.52. The molecule has 0 unspecified atom stereocenters. The Labute approximate surface area is 160 Å². The number of rotatable bonds is 5. The highest BCUT2D eigenvalue weighted by Crippen LogP contribution is 2.24. The van der Waals surface area contributed by atoms with Gasteiger partial charge < -0.3 is 5.32 Å². The molecule has 3 aromatic rings. The van der Waals surface area contributed by atoms with Gasteiger partial charge in [-0.15, -0.1) is 0 Å². The highest BCUT2D eigenvalue weighted by atomic mass is 16.1. The molecule has 0 atom stereocenters. The third-order valence-electron chi connectivity index (χ3n) is 5.18. The lowest BCUT2D eigenvalue weighted by atomic mass is 9.93. The van der Waals surface area contributed by atoms with Crippen LogP contribution in [0.3, 0.4) is 0 Å². The summed E-state index contributed by atoms with van der Waals surface area (Å²) in [7, 11) is 0. The fourth-order valence-electron chi connectivity index (χ4n) is 3.73. The van der Waals surface area contributed by atoms with E-state index in [1.54, 1.807) is 10.7 Å². The number of hydrogen-bond donors (Lipinski definition) is 1. The van der Waals surface area contributed by atoms with Crippen molar-refractivity contribution in [3.05, 3.63) is 63.1 Å². The number of aryl methyl sites for hydroxylation is 5. The number of aromatic nitrogens is 3. The number of hydrogen-bond acceptors (Lipinski definition) is 3. The van der Waals surface area contributed by atoms with Crippen molar-refractivity contribution in [2.45, 2.75) is 54.4 Å². The van der Waals surface area contributed by atoms with Crippen LogP contribution in [0.5, 0.6) is 0 Å². The number of fused-ring (bicyclic) bond motifs is 1. The summed E-state index contributed by atoms with van der Waals surface area (Å²) >= 11 is 0. The fraction of sp³-hybridized carbons (Fsp3) is 0.409. The number of benzene rings is 1. The van der Waals surface area contributed by atoms with Crippen molar-refractivity contribution in [2.75, 3.05) is 6.54 Å². The van der Waals surface area contributed by atoms with Crippen LogP contribution in [0.25, 0.3) is 5.65 Å². The van der Waals surface area contributed by atoms with Gasteiger partial charge in [0.1, 0.15) is 5.56 Å². The zero-order valence-corrected chi connectivity index (χ0v) is 17.1. The number of carbonyl (C=O) groups is 1. The molecular weight excluding hydrogens is 336 g/mol. The Kier molecular flexibility index (Phi) is 5.31. The van der Waals surface area contributed by atoms with Gasteiger partial charge in [0, 0.05) is 24.4 Å². The molecule has 1 N–H and O–H groups in total. The lowest BCUT2D eigenvalue weighted by Crippen LogP contribution is -2.24. The van der Waals surface area contributed by atoms with Crippen LogP contribution in [0.15, 0.2) is 18.3 Å². The van der Waals surface area contributed by atoms with Crippen LogP contribution in [-0.2, 0) is 6.42 Å². The maximum Gasteiger partial charge on any atom is 0.256 e. The van der Waals surface area contributed by atoms with Gasteiger partial charge in [-0.25, -0.2) is 9.50 Å². The Morgan fingerprint density at radius 2 is 1.74 bits per heavy atom. The molecule has 2 heterocycles. The second-order valence-corrected chi connectivity index (χ2v) is 7.36. The Morgan fingerprint density at radius 3 is 2.37 bits per heavy atom. The second-order valence-electron chi connectivity index (χ2n) is 7.36. The standard InChI is InChI=1S/C22H28N4O/c1-7-8-23-22(27)20-12-24-26-17(6)19(16(5)25-21(20)26)11-18-14(3)9-13(2)10-15(18)4/h9-10,12H,7-8,11H2,1-6H3,(H,23,27). The number of nitrogens with one attached hydrogen (secondary N) is 1. The van der Waals surface area contributed by atoms with Crippen LogP contribution in [0.4, 0.5) is 0 Å². The minimum absolute atomic E-state index is 0.115. The Bertz CT molecular complexity index is 994.